The Balaban J connectivity index is 1.83. The minimum Gasteiger partial charge on any atom is -0.469 e. The molecule has 0 N–H and O–H groups in total. The third-order valence-electron chi connectivity index (χ3n) is 5.04. The van der Waals surface area contributed by atoms with Crippen molar-refractivity contribution in [2.45, 2.75) is 39.7 Å². The van der Waals surface area contributed by atoms with Crippen LogP contribution in [0.15, 0.2) is 24.3 Å². The topological polar surface area (TPSA) is 47.4 Å². The number of ether oxygens (including phenoxy) is 1. The zero-order valence-electron chi connectivity index (χ0n) is 15.7. The molecule has 1 aliphatic carbocycles. The number of methoxy groups -OCH3 is 1. The van der Waals surface area contributed by atoms with Crippen LogP contribution >= 0.6 is 0 Å². The Hall–Kier alpha value is -2.21. The largest absolute Gasteiger partial charge is 0.469 e. The molecule has 0 saturated heterocycles. The van der Waals surface area contributed by atoms with Gasteiger partial charge in [-0.15, -0.1) is 0 Å². The highest BCUT2D eigenvalue weighted by atomic mass is 19.1. The van der Waals surface area contributed by atoms with Crippen LogP contribution in [0.3, 0.4) is 0 Å². The monoisotopic (exact) mass is 359 g/mol. The van der Waals surface area contributed by atoms with Crippen molar-refractivity contribution < 1.29 is 13.9 Å². The molecule has 1 heterocycles. The first-order valence-electron chi connectivity index (χ1n) is 9.19. The molecule has 3 rings (SSSR count). The summed E-state index contributed by atoms with van der Waals surface area (Å²) in [5, 5.41) is 4.83. The number of esters is 1. The van der Waals surface area contributed by atoms with Crippen LogP contribution in [0.1, 0.15) is 37.2 Å². The number of halogens is 1. The van der Waals surface area contributed by atoms with Crippen molar-refractivity contribution >= 4 is 5.97 Å². The second kappa shape index (κ2) is 7.99. The highest BCUT2D eigenvalue weighted by molar-refractivity contribution is 5.72. The number of aromatic nitrogens is 2. The molecule has 1 aromatic carbocycles. The van der Waals surface area contributed by atoms with Crippen molar-refractivity contribution in [3.05, 3.63) is 47.0 Å². The number of fused-ring (bicyclic) bond motifs is 1. The SMILES string of the molecule is CCN(Cc1nn(-c2ccc(F)cc2)c2c1CCC2)CC(C)C(=O)OC. The number of hydrogen-bond donors (Lipinski definition) is 0. The Morgan fingerprint density at radius 2 is 2.08 bits per heavy atom. The second-order valence-corrected chi connectivity index (χ2v) is 6.87. The lowest BCUT2D eigenvalue weighted by molar-refractivity contribution is -0.145. The Kier molecular flexibility index (Phi) is 5.71. The van der Waals surface area contributed by atoms with Gasteiger partial charge in [-0.05, 0) is 55.6 Å². The van der Waals surface area contributed by atoms with Crippen LogP contribution < -0.4 is 0 Å². The predicted octanol–water partition coefficient (Wildman–Crippen LogP) is 3.13. The van der Waals surface area contributed by atoms with E-state index in [4.69, 9.17) is 9.84 Å². The van der Waals surface area contributed by atoms with Crippen LogP contribution in [0, 0.1) is 11.7 Å². The van der Waals surface area contributed by atoms with Crippen LogP contribution in [0.4, 0.5) is 4.39 Å². The molecular formula is C20H26FN3O2. The maximum Gasteiger partial charge on any atom is 0.309 e. The highest BCUT2D eigenvalue weighted by Crippen LogP contribution is 2.28. The molecule has 0 bridgehead atoms. The van der Waals surface area contributed by atoms with Gasteiger partial charge in [-0.25, -0.2) is 9.07 Å². The fourth-order valence-electron chi connectivity index (χ4n) is 3.62. The van der Waals surface area contributed by atoms with E-state index in [0.29, 0.717) is 13.1 Å². The van der Waals surface area contributed by atoms with E-state index in [2.05, 4.69) is 11.8 Å². The van der Waals surface area contributed by atoms with Gasteiger partial charge in [0.1, 0.15) is 5.82 Å². The van der Waals surface area contributed by atoms with Crippen molar-refractivity contribution in [1.29, 1.82) is 0 Å². The second-order valence-electron chi connectivity index (χ2n) is 6.87. The third-order valence-corrected chi connectivity index (χ3v) is 5.04. The van der Waals surface area contributed by atoms with E-state index in [1.807, 2.05) is 11.6 Å². The lowest BCUT2D eigenvalue weighted by Crippen LogP contribution is -2.32. The molecule has 0 amide bonds. The summed E-state index contributed by atoms with van der Waals surface area (Å²) < 4.78 is 20.0. The molecule has 0 aliphatic heterocycles. The van der Waals surface area contributed by atoms with E-state index in [0.717, 1.165) is 37.2 Å². The van der Waals surface area contributed by atoms with Crippen molar-refractivity contribution in [3.63, 3.8) is 0 Å². The fraction of sp³-hybridized carbons (Fsp3) is 0.500. The zero-order valence-corrected chi connectivity index (χ0v) is 15.7. The smallest absolute Gasteiger partial charge is 0.309 e. The van der Waals surface area contributed by atoms with Crippen molar-refractivity contribution in [1.82, 2.24) is 14.7 Å². The molecular weight excluding hydrogens is 333 g/mol. The summed E-state index contributed by atoms with van der Waals surface area (Å²) in [7, 11) is 1.42. The number of rotatable bonds is 7. The van der Waals surface area contributed by atoms with Gasteiger partial charge in [-0.3, -0.25) is 9.69 Å². The third kappa shape index (κ3) is 3.80. The van der Waals surface area contributed by atoms with Gasteiger partial charge >= 0.3 is 5.97 Å². The van der Waals surface area contributed by atoms with E-state index in [9.17, 15) is 9.18 Å². The number of carbonyl (C=O) groups is 1. The molecule has 0 saturated carbocycles. The summed E-state index contributed by atoms with van der Waals surface area (Å²) in [5.74, 6) is -0.607. The van der Waals surface area contributed by atoms with Gasteiger partial charge in [-0.2, -0.15) is 5.10 Å². The van der Waals surface area contributed by atoms with Crippen molar-refractivity contribution in [3.8, 4) is 5.69 Å². The summed E-state index contributed by atoms with van der Waals surface area (Å²) in [6.45, 7) is 6.15. The normalized spacial score (nSPS) is 14.5. The molecule has 0 fully saturated rings. The van der Waals surface area contributed by atoms with Crippen LogP contribution in [-0.4, -0.2) is 40.8 Å². The maximum absolute atomic E-state index is 13.2. The Morgan fingerprint density at radius 1 is 1.35 bits per heavy atom. The van der Waals surface area contributed by atoms with Crippen molar-refractivity contribution in [2.75, 3.05) is 20.2 Å². The van der Waals surface area contributed by atoms with Gasteiger partial charge in [0.2, 0.25) is 0 Å². The highest BCUT2D eigenvalue weighted by Gasteiger charge is 2.25. The maximum atomic E-state index is 13.2. The number of hydrogen-bond acceptors (Lipinski definition) is 4. The first-order valence-corrected chi connectivity index (χ1v) is 9.19. The number of carbonyl (C=O) groups excluding carboxylic acids is 1. The molecule has 6 heteroatoms. The first-order chi connectivity index (χ1) is 12.5. The molecule has 140 valence electrons. The van der Waals surface area contributed by atoms with Gasteiger partial charge in [0.25, 0.3) is 0 Å². The minimum atomic E-state index is -0.244. The number of benzene rings is 1. The van der Waals surface area contributed by atoms with E-state index < -0.39 is 0 Å². The van der Waals surface area contributed by atoms with E-state index in [-0.39, 0.29) is 17.7 Å². The Labute approximate surface area is 153 Å². The summed E-state index contributed by atoms with van der Waals surface area (Å²) >= 11 is 0. The summed E-state index contributed by atoms with van der Waals surface area (Å²) in [4.78, 5) is 13.9. The van der Waals surface area contributed by atoms with Crippen molar-refractivity contribution in [2.24, 2.45) is 5.92 Å². The van der Waals surface area contributed by atoms with Crippen LogP contribution in [0.2, 0.25) is 0 Å². The van der Waals surface area contributed by atoms with Gasteiger partial charge in [0, 0.05) is 18.8 Å². The van der Waals surface area contributed by atoms with Gasteiger partial charge in [0.15, 0.2) is 0 Å². The zero-order chi connectivity index (χ0) is 18.7. The molecule has 5 nitrogen and oxygen atoms in total. The van der Waals surface area contributed by atoms with Crippen LogP contribution in [0.25, 0.3) is 5.69 Å². The molecule has 1 unspecified atom stereocenters. The molecule has 1 aromatic heterocycles. The Morgan fingerprint density at radius 3 is 2.73 bits per heavy atom. The lowest BCUT2D eigenvalue weighted by Gasteiger charge is -2.22. The molecule has 26 heavy (non-hydrogen) atoms. The molecule has 1 atom stereocenters. The van der Waals surface area contributed by atoms with E-state index in [1.165, 1.54) is 30.5 Å². The standard InChI is InChI=1S/C20H26FN3O2/c1-4-23(12-14(2)20(25)26-3)13-18-17-6-5-7-19(17)24(22-18)16-10-8-15(21)9-11-16/h8-11,14H,4-7,12-13H2,1-3H3. The quantitative estimate of drug-likeness (QED) is 0.713. The first kappa shape index (κ1) is 18.6. The average Bonchev–Trinajstić information content (AvgIpc) is 3.25. The summed E-state index contributed by atoms with van der Waals surface area (Å²) in [6.07, 6.45) is 3.13. The van der Waals surface area contributed by atoms with E-state index in [1.54, 1.807) is 12.1 Å². The molecule has 1 aliphatic rings. The van der Waals surface area contributed by atoms with Gasteiger partial charge in [-0.1, -0.05) is 13.8 Å². The fourth-order valence-corrected chi connectivity index (χ4v) is 3.62. The van der Waals surface area contributed by atoms with Gasteiger partial charge in [0.05, 0.1) is 24.4 Å². The molecule has 2 aromatic rings. The van der Waals surface area contributed by atoms with E-state index >= 15 is 0 Å². The Bertz CT molecular complexity index is 770. The minimum absolute atomic E-state index is 0.174. The average molecular weight is 359 g/mol. The van der Waals surface area contributed by atoms with Crippen LogP contribution in [0.5, 0.6) is 0 Å². The van der Waals surface area contributed by atoms with Gasteiger partial charge < -0.3 is 4.74 Å². The predicted molar refractivity (Wildman–Crippen MR) is 97.7 cm³/mol. The van der Waals surface area contributed by atoms with Crippen LogP contribution in [-0.2, 0) is 28.9 Å². The lowest BCUT2D eigenvalue weighted by atomic mass is 10.1. The summed E-state index contributed by atoms with van der Waals surface area (Å²) in [5.41, 5.74) is 4.48. The molecule has 0 radical (unpaired) electrons. The molecule has 0 spiro atoms. The summed E-state index contributed by atoms with van der Waals surface area (Å²) in [6, 6.07) is 6.46. The number of nitrogens with zero attached hydrogens (tertiary/aromatic N) is 3.